The minimum Gasteiger partial charge on any atom is -0.349 e. The van der Waals surface area contributed by atoms with E-state index in [-0.39, 0.29) is 11.9 Å². The van der Waals surface area contributed by atoms with Gasteiger partial charge >= 0.3 is 0 Å². The second-order valence-electron chi connectivity index (χ2n) is 7.42. The zero-order valence-corrected chi connectivity index (χ0v) is 16.7. The molecule has 1 saturated carbocycles. The topological polar surface area (TPSA) is 68.0 Å². The molecule has 5 rings (SSSR count). The highest BCUT2D eigenvalue weighted by Gasteiger charge is 2.24. The highest BCUT2D eigenvalue weighted by atomic mass is 32.1. The molecule has 0 saturated heterocycles. The Kier molecular flexibility index (Phi) is 4.86. The van der Waals surface area contributed by atoms with E-state index in [0.29, 0.717) is 22.4 Å². The van der Waals surface area contributed by atoms with Crippen LogP contribution in [-0.4, -0.2) is 22.1 Å². The lowest BCUT2D eigenvalue weighted by Gasteiger charge is -2.23. The van der Waals surface area contributed by atoms with E-state index in [0.717, 1.165) is 29.0 Å². The largest absolute Gasteiger partial charge is 0.349 e. The van der Waals surface area contributed by atoms with Gasteiger partial charge in [-0.1, -0.05) is 60.8 Å². The molecule has 29 heavy (non-hydrogen) atoms. The summed E-state index contributed by atoms with van der Waals surface area (Å²) in [7, 11) is 0. The molecule has 146 valence electrons. The smallest absolute Gasteiger partial charge is 0.259 e. The predicted octanol–water partition coefficient (Wildman–Crippen LogP) is 5.68. The quantitative estimate of drug-likeness (QED) is 0.476. The Morgan fingerprint density at radius 1 is 1.07 bits per heavy atom. The predicted molar refractivity (Wildman–Crippen MR) is 115 cm³/mol. The van der Waals surface area contributed by atoms with Crippen LogP contribution in [0, 0.1) is 0 Å². The third kappa shape index (κ3) is 3.56. The normalized spacial score (nSPS) is 14.9. The van der Waals surface area contributed by atoms with E-state index >= 15 is 0 Å². The average Bonchev–Trinajstić information content (AvgIpc) is 3.44. The summed E-state index contributed by atoms with van der Waals surface area (Å²) in [5.41, 5.74) is 3.26. The number of fused-ring (bicyclic) bond motifs is 1. The third-order valence-corrected chi connectivity index (χ3v) is 6.34. The van der Waals surface area contributed by atoms with Crippen molar-refractivity contribution in [2.45, 2.75) is 38.1 Å². The van der Waals surface area contributed by atoms with Crippen molar-refractivity contribution in [1.82, 2.24) is 15.5 Å². The van der Waals surface area contributed by atoms with E-state index in [2.05, 4.69) is 15.5 Å². The van der Waals surface area contributed by atoms with Crippen molar-refractivity contribution in [3.05, 3.63) is 59.5 Å². The van der Waals surface area contributed by atoms with E-state index in [9.17, 15) is 4.79 Å². The highest BCUT2D eigenvalue weighted by Crippen LogP contribution is 2.34. The Morgan fingerprint density at radius 2 is 1.90 bits per heavy atom. The van der Waals surface area contributed by atoms with Gasteiger partial charge in [0, 0.05) is 11.6 Å². The van der Waals surface area contributed by atoms with Gasteiger partial charge in [0.2, 0.25) is 0 Å². The summed E-state index contributed by atoms with van der Waals surface area (Å²) in [5.74, 6) is -0.0810. The highest BCUT2D eigenvalue weighted by molar-refractivity contribution is 7.13. The van der Waals surface area contributed by atoms with Crippen LogP contribution in [0.3, 0.4) is 0 Å². The number of carbonyl (C=O) groups excluding carboxylic acids is 1. The molecule has 6 heteroatoms. The summed E-state index contributed by atoms with van der Waals surface area (Å²) in [4.78, 5) is 19.0. The van der Waals surface area contributed by atoms with Gasteiger partial charge < -0.3 is 9.84 Å². The summed E-state index contributed by atoms with van der Waals surface area (Å²) < 4.78 is 5.59. The van der Waals surface area contributed by atoms with Gasteiger partial charge in [0.15, 0.2) is 0 Å². The Morgan fingerprint density at radius 3 is 2.66 bits per heavy atom. The molecule has 0 radical (unpaired) electrons. The first-order valence-corrected chi connectivity index (χ1v) is 10.9. The standard InChI is InChI=1S/C23H21N3O2S/c27-22(24-16-10-5-2-6-11-16)17-14-18(19-12-7-13-29-19)25-23-20(17)21(26-28-23)15-8-3-1-4-9-15/h1,3-4,7-9,12-14,16H,2,5-6,10-11H2,(H,24,27). The molecule has 0 bridgehead atoms. The molecule has 5 nitrogen and oxygen atoms in total. The fourth-order valence-corrected chi connectivity index (χ4v) is 4.67. The van der Waals surface area contributed by atoms with Crippen LogP contribution in [0.1, 0.15) is 42.5 Å². The first kappa shape index (κ1) is 18.1. The molecule has 0 atom stereocenters. The first-order valence-electron chi connectivity index (χ1n) is 10.0. The van der Waals surface area contributed by atoms with E-state index in [4.69, 9.17) is 4.52 Å². The maximum atomic E-state index is 13.3. The van der Waals surface area contributed by atoms with Gasteiger partial charge in [0.25, 0.3) is 11.6 Å². The monoisotopic (exact) mass is 403 g/mol. The number of aromatic nitrogens is 2. The molecule has 1 aliphatic carbocycles. The van der Waals surface area contributed by atoms with Crippen LogP contribution < -0.4 is 5.32 Å². The molecule has 0 spiro atoms. The Bertz CT molecular complexity index is 1130. The number of nitrogens with zero attached hydrogens (tertiary/aromatic N) is 2. The summed E-state index contributed by atoms with van der Waals surface area (Å²) in [6.07, 6.45) is 5.65. The molecule has 1 fully saturated rings. The van der Waals surface area contributed by atoms with Gasteiger partial charge in [-0.3, -0.25) is 4.79 Å². The Hall–Kier alpha value is -2.99. The van der Waals surface area contributed by atoms with Gasteiger partial charge in [-0.05, 0) is 30.4 Å². The van der Waals surface area contributed by atoms with Crippen molar-refractivity contribution in [1.29, 1.82) is 0 Å². The number of hydrogen-bond acceptors (Lipinski definition) is 5. The lowest BCUT2D eigenvalue weighted by Crippen LogP contribution is -2.36. The molecule has 1 aliphatic rings. The molecule has 0 aliphatic heterocycles. The van der Waals surface area contributed by atoms with Gasteiger partial charge in [0.05, 0.1) is 21.5 Å². The van der Waals surface area contributed by atoms with Crippen LogP contribution in [0.25, 0.3) is 32.9 Å². The van der Waals surface area contributed by atoms with Crippen molar-refractivity contribution < 1.29 is 9.32 Å². The minimum atomic E-state index is -0.0810. The fraction of sp³-hybridized carbons (Fsp3) is 0.261. The SMILES string of the molecule is O=C(NC1CCCCC1)c1cc(-c2cccs2)nc2onc(-c3ccccc3)c12. The van der Waals surface area contributed by atoms with E-state index in [1.54, 1.807) is 11.3 Å². The van der Waals surface area contributed by atoms with Crippen molar-refractivity contribution in [2.75, 3.05) is 0 Å². The second kappa shape index (κ2) is 7.79. The van der Waals surface area contributed by atoms with Crippen molar-refractivity contribution >= 4 is 28.3 Å². The molecule has 4 aromatic rings. The maximum Gasteiger partial charge on any atom is 0.259 e. The molecular weight excluding hydrogens is 382 g/mol. The number of amides is 1. The van der Waals surface area contributed by atoms with Crippen molar-refractivity contribution in [3.8, 4) is 21.8 Å². The lowest BCUT2D eigenvalue weighted by atomic mass is 9.95. The zero-order chi connectivity index (χ0) is 19.6. The van der Waals surface area contributed by atoms with Crippen LogP contribution in [0.4, 0.5) is 0 Å². The molecule has 0 unspecified atom stereocenters. The summed E-state index contributed by atoms with van der Waals surface area (Å²) in [6.45, 7) is 0. The molecule has 1 amide bonds. The lowest BCUT2D eigenvalue weighted by molar-refractivity contribution is 0.0929. The average molecular weight is 404 g/mol. The first-order chi connectivity index (χ1) is 14.3. The van der Waals surface area contributed by atoms with Gasteiger partial charge in [-0.15, -0.1) is 11.3 Å². The number of carbonyl (C=O) groups is 1. The molecule has 1 aromatic carbocycles. The number of pyridine rings is 1. The summed E-state index contributed by atoms with van der Waals surface area (Å²) >= 11 is 1.59. The van der Waals surface area contributed by atoms with E-state index < -0.39 is 0 Å². The third-order valence-electron chi connectivity index (χ3n) is 5.45. The number of thiophene rings is 1. The Balaban J connectivity index is 1.63. The van der Waals surface area contributed by atoms with E-state index in [1.807, 2.05) is 53.9 Å². The van der Waals surface area contributed by atoms with Crippen molar-refractivity contribution in [3.63, 3.8) is 0 Å². The van der Waals surface area contributed by atoms with Crippen molar-refractivity contribution in [2.24, 2.45) is 0 Å². The van der Waals surface area contributed by atoms with Gasteiger partial charge in [-0.2, -0.15) is 0 Å². The number of hydrogen-bond donors (Lipinski definition) is 1. The summed E-state index contributed by atoms with van der Waals surface area (Å²) in [5, 5.41) is 10.2. The molecule has 3 heterocycles. The Labute approximate surface area is 172 Å². The van der Waals surface area contributed by atoms with E-state index in [1.165, 1.54) is 19.3 Å². The number of benzene rings is 1. The van der Waals surface area contributed by atoms with Crippen LogP contribution in [0.15, 0.2) is 58.4 Å². The van der Waals surface area contributed by atoms with Crippen LogP contribution in [0.5, 0.6) is 0 Å². The van der Waals surface area contributed by atoms with Gasteiger partial charge in [-0.25, -0.2) is 4.98 Å². The summed E-state index contributed by atoms with van der Waals surface area (Å²) in [6, 6.07) is 15.9. The fourth-order valence-electron chi connectivity index (χ4n) is 3.98. The number of rotatable bonds is 4. The van der Waals surface area contributed by atoms with Crippen LogP contribution in [-0.2, 0) is 0 Å². The van der Waals surface area contributed by atoms with Crippen LogP contribution >= 0.6 is 11.3 Å². The second-order valence-corrected chi connectivity index (χ2v) is 8.37. The van der Waals surface area contributed by atoms with Gasteiger partial charge in [0.1, 0.15) is 5.69 Å². The molecular formula is C23H21N3O2S. The minimum absolute atomic E-state index is 0.0810. The molecule has 1 N–H and O–H groups in total. The van der Waals surface area contributed by atoms with Crippen LogP contribution in [0.2, 0.25) is 0 Å². The molecule has 3 aromatic heterocycles. The maximum absolute atomic E-state index is 13.3. The number of nitrogens with one attached hydrogen (secondary N) is 1. The zero-order valence-electron chi connectivity index (χ0n) is 15.9.